The van der Waals surface area contributed by atoms with Crippen LogP contribution in [0.1, 0.15) is 19.8 Å². The lowest BCUT2D eigenvalue weighted by Gasteiger charge is -2.14. The first-order valence-corrected chi connectivity index (χ1v) is 7.33. The van der Waals surface area contributed by atoms with Crippen LogP contribution >= 0.6 is 22.9 Å². The fourth-order valence-corrected chi connectivity index (χ4v) is 3.99. The lowest BCUT2D eigenvalue weighted by molar-refractivity contribution is 0.461. The van der Waals surface area contributed by atoms with E-state index in [-0.39, 0.29) is 0 Å². The number of thiophene rings is 1. The number of nitrogens with zero attached hydrogens (tertiary/aromatic N) is 1. The van der Waals surface area contributed by atoms with Crippen LogP contribution in [-0.2, 0) is 10.0 Å². The molecule has 1 aromatic rings. The average Bonchev–Trinajstić information content (AvgIpc) is 2.61. The minimum absolute atomic E-state index is 0.311. The van der Waals surface area contributed by atoms with E-state index in [9.17, 15) is 8.42 Å². The van der Waals surface area contributed by atoms with Crippen LogP contribution in [0.25, 0.3) is 0 Å². The Kier molecular flexibility index (Phi) is 4.58. The fourth-order valence-electron chi connectivity index (χ4n) is 1.09. The van der Waals surface area contributed by atoms with Crippen LogP contribution in [0, 0.1) is 0 Å². The van der Waals surface area contributed by atoms with Crippen molar-refractivity contribution < 1.29 is 8.42 Å². The molecule has 0 radical (unpaired) electrons. The van der Waals surface area contributed by atoms with Crippen LogP contribution in [0.15, 0.2) is 16.3 Å². The summed E-state index contributed by atoms with van der Waals surface area (Å²) in [5.41, 5.74) is 0. The predicted octanol–water partition coefficient (Wildman–Crippen LogP) is 2.82. The molecule has 0 spiro atoms. The third kappa shape index (κ3) is 3.17. The maximum Gasteiger partial charge on any atom is 0.252 e. The number of rotatable bonds is 5. The average molecular weight is 268 g/mol. The Morgan fingerprint density at radius 3 is 2.60 bits per heavy atom. The molecule has 0 unspecified atom stereocenters. The van der Waals surface area contributed by atoms with Gasteiger partial charge < -0.3 is 0 Å². The van der Waals surface area contributed by atoms with Crippen molar-refractivity contribution in [2.75, 3.05) is 13.6 Å². The summed E-state index contributed by atoms with van der Waals surface area (Å²) in [6, 6.07) is 3.15. The highest BCUT2D eigenvalue weighted by Gasteiger charge is 2.21. The third-order valence-corrected chi connectivity index (χ3v) is 5.60. The van der Waals surface area contributed by atoms with Gasteiger partial charge in [-0.05, 0) is 18.6 Å². The quantitative estimate of drug-likeness (QED) is 0.823. The second-order valence-electron chi connectivity index (χ2n) is 3.24. The van der Waals surface area contributed by atoms with Crippen LogP contribution in [0.2, 0.25) is 4.34 Å². The Bertz CT molecular complexity index is 414. The van der Waals surface area contributed by atoms with Gasteiger partial charge >= 0.3 is 0 Å². The SMILES string of the molecule is CCCCN(C)S(=O)(=O)c1ccc(Cl)s1. The van der Waals surface area contributed by atoms with Gasteiger partial charge in [-0.1, -0.05) is 24.9 Å². The van der Waals surface area contributed by atoms with E-state index in [4.69, 9.17) is 11.6 Å². The molecule has 1 heterocycles. The number of hydrogen-bond acceptors (Lipinski definition) is 3. The van der Waals surface area contributed by atoms with Crippen molar-refractivity contribution in [3.63, 3.8) is 0 Å². The Morgan fingerprint density at radius 2 is 2.13 bits per heavy atom. The van der Waals surface area contributed by atoms with E-state index in [2.05, 4.69) is 0 Å². The van der Waals surface area contributed by atoms with Gasteiger partial charge in [0.15, 0.2) is 0 Å². The fraction of sp³-hybridized carbons (Fsp3) is 0.556. The molecule has 1 rings (SSSR count). The molecular weight excluding hydrogens is 254 g/mol. The van der Waals surface area contributed by atoms with Gasteiger partial charge in [0.1, 0.15) is 4.21 Å². The van der Waals surface area contributed by atoms with Crippen molar-refractivity contribution in [3.05, 3.63) is 16.5 Å². The van der Waals surface area contributed by atoms with Crippen molar-refractivity contribution in [2.45, 2.75) is 24.0 Å². The minimum atomic E-state index is -3.32. The van der Waals surface area contributed by atoms with Crippen molar-refractivity contribution in [3.8, 4) is 0 Å². The van der Waals surface area contributed by atoms with Gasteiger partial charge in [0.2, 0.25) is 0 Å². The van der Waals surface area contributed by atoms with E-state index in [0.717, 1.165) is 24.2 Å². The zero-order valence-corrected chi connectivity index (χ0v) is 11.1. The first-order chi connectivity index (χ1) is 6.98. The molecule has 0 saturated heterocycles. The highest BCUT2D eigenvalue weighted by Crippen LogP contribution is 2.27. The summed E-state index contributed by atoms with van der Waals surface area (Å²) in [7, 11) is -1.73. The smallest absolute Gasteiger partial charge is 0.206 e. The summed E-state index contributed by atoms with van der Waals surface area (Å²) in [6.45, 7) is 2.58. The Labute approximate surface area is 99.7 Å². The molecular formula is C9H14ClNO2S2. The molecule has 0 aliphatic heterocycles. The zero-order chi connectivity index (χ0) is 11.5. The monoisotopic (exact) mass is 267 g/mol. The first-order valence-electron chi connectivity index (χ1n) is 4.70. The molecule has 0 bridgehead atoms. The van der Waals surface area contributed by atoms with Crippen molar-refractivity contribution in [2.24, 2.45) is 0 Å². The first kappa shape index (κ1) is 13.0. The van der Waals surface area contributed by atoms with Gasteiger partial charge in [0.25, 0.3) is 10.0 Å². The Hall–Kier alpha value is -0.100. The summed E-state index contributed by atoms with van der Waals surface area (Å²) in [4.78, 5) is 0. The standard InChI is InChI=1S/C9H14ClNO2S2/c1-3-4-7-11(2)15(12,13)9-6-5-8(10)14-9/h5-6H,3-4,7H2,1-2H3. The van der Waals surface area contributed by atoms with E-state index in [0.29, 0.717) is 15.1 Å². The molecule has 0 fully saturated rings. The second kappa shape index (κ2) is 5.30. The predicted molar refractivity (Wildman–Crippen MR) is 64.1 cm³/mol. The minimum Gasteiger partial charge on any atom is -0.206 e. The molecule has 0 amide bonds. The van der Waals surface area contributed by atoms with Crippen molar-refractivity contribution in [1.29, 1.82) is 0 Å². The van der Waals surface area contributed by atoms with Crippen LogP contribution in [0.4, 0.5) is 0 Å². The molecule has 1 aromatic heterocycles. The molecule has 0 aliphatic carbocycles. The van der Waals surface area contributed by atoms with Gasteiger partial charge in [0, 0.05) is 13.6 Å². The molecule has 3 nitrogen and oxygen atoms in total. The molecule has 0 atom stereocenters. The van der Waals surface area contributed by atoms with E-state index in [1.54, 1.807) is 19.2 Å². The summed E-state index contributed by atoms with van der Waals surface area (Å²) in [5, 5.41) is 0. The molecule has 0 aliphatic rings. The van der Waals surface area contributed by atoms with Gasteiger partial charge in [-0.25, -0.2) is 12.7 Å². The molecule has 0 aromatic carbocycles. The topological polar surface area (TPSA) is 37.4 Å². The maximum absolute atomic E-state index is 11.9. The van der Waals surface area contributed by atoms with E-state index >= 15 is 0 Å². The highest BCUT2D eigenvalue weighted by atomic mass is 35.5. The van der Waals surface area contributed by atoms with E-state index in [1.807, 2.05) is 6.92 Å². The summed E-state index contributed by atoms with van der Waals surface area (Å²) < 4.78 is 26.0. The lowest BCUT2D eigenvalue weighted by Crippen LogP contribution is -2.27. The summed E-state index contributed by atoms with van der Waals surface area (Å²) >= 11 is 6.80. The molecule has 0 N–H and O–H groups in total. The van der Waals surface area contributed by atoms with Crippen LogP contribution in [0.3, 0.4) is 0 Å². The zero-order valence-electron chi connectivity index (χ0n) is 8.73. The van der Waals surface area contributed by atoms with Gasteiger partial charge in [-0.2, -0.15) is 0 Å². The van der Waals surface area contributed by atoms with Gasteiger partial charge in [-0.15, -0.1) is 11.3 Å². The van der Waals surface area contributed by atoms with Crippen molar-refractivity contribution >= 4 is 33.0 Å². The third-order valence-electron chi connectivity index (χ3n) is 2.04. The second-order valence-corrected chi connectivity index (χ2v) is 7.23. The summed E-state index contributed by atoms with van der Waals surface area (Å²) in [6.07, 6.45) is 1.85. The number of sulfonamides is 1. The van der Waals surface area contributed by atoms with Crippen LogP contribution in [-0.4, -0.2) is 26.3 Å². The normalized spacial score (nSPS) is 12.3. The number of hydrogen-bond donors (Lipinski definition) is 0. The molecule has 0 saturated carbocycles. The molecule has 86 valence electrons. The lowest BCUT2D eigenvalue weighted by atomic mass is 10.3. The van der Waals surface area contributed by atoms with Gasteiger partial charge in [0.05, 0.1) is 4.34 Å². The van der Waals surface area contributed by atoms with E-state index in [1.165, 1.54) is 4.31 Å². The molecule has 15 heavy (non-hydrogen) atoms. The maximum atomic E-state index is 11.9. The van der Waals surface area contributed by atoms with Crippen LogP contribution < -0.4 is 0 Å². The van der Waals surface area contributed by atoms with Gasteiger partial charge in [-0.3, -0.25) is 0 Å². The van der Waals surface area contributed by atoms with Crippen molar-refractivity contribution in [1.82, 2.24) is 4.31 Å². The van der Waals surface area contributed by atoms with E-state index < -0.39 is 10.0 Å². The number of halogens is 1. The molecule has 6 heteroatoms. The summed E-state index contributed by atoms with van der Waals surface area (Å²) in [5.74, 6) is 0. The number of unbranched alkanes of at least 4 members (excludes halogenated alkanes) is 1. The van der Waals surface area contributed by atoms with Crippen LogP contribution in [0.5, 0.6) is 0 Å². The Morgan fingerprint density at radius 1 is 1.47 bits per heavy atom. The largest absolute Gasteiger partial charge is 0.252 e. The highest BCUT2D eigenvalue weighted by molar-refractivity contribution is 7.91. The Balaban J connectivity index is 2.83.